The quantitative estimate of drug-likeness (QED) is 0.520. The molecule has 0 fully saturated rings. The van der Waals surface area contributed by atoms with Gasteiger partial charge in [0.2, 0.25) is 0 Å². The number of hydrogen-bond acceptors (Lipinski definition) is 5. The molecule has 19 heavy (non-hydrogen) atoms. The van der Waals surface area contributed by atoms with Gasteiger partial charge in [-0.05, 0) is 18.1 Å². The molecule has 7 heteroatoms. The molecule has 0 aliphatic carbocycles. The third-order valence-corrected chi connectivity index (χ3v) is 3.08. The predicted molar refractivity (Wildman–Crippen MR) is 76.1 cm³/mol. The van der Waals surface area contributed by atoms with E-state index in [0.29, 0.717) is 30.8 Å². The van der Waals surface area contributed by atoms with Crippen molar-refractivity contribution in [2.24, 2.45) is 5.73 Å². The number of aliphatic hydroxyl groups excluding tert-OH is 1. The van der Waals surface area contributed by atoms with Gasteiger partial charge in [0, 0.05) is 25.0 Å². The summed E-state index contributed by atoms with van der Waals surface area (Å²) in [6.45, 7) is 2.73. The summed E-state index contributed by atoms with van der Waals surface area (Å²) in [5.41, 5.74) is 8.10. The van der Waals surface area contributed by atoms with E-state index in [0.717, 1.165) is 11.1 Å². The highest BCUT2D eigenvalue weighted by Crippen LogP contribution is 2.29. The summed E-state index contributed by atoms with van der Waals surface area (Å²) in [7, 11) is -0.988. The van der Waals surface area contributed by atoms with Crippen molar-refractivity contribution < 1.29 is 19.5 Å². The molecule has 0 aromatic heterocycles. The van der Waals surface area contributed by atoms with Gasteiger partial charge in [-0.15, -0.1) is 12.4 Å². The van der Waals surface area contributed by atoms with Crippen molar-refractivity contribution in [3.8, 4) is 5.75 Å². The number of halogens is 1. The van der Waals surface area contributed by atoms with E-state index in [1.54, 1.807) is 0 Å². The molecule has 5 nitrogen and oxygen atoms in total. The predicted octanol–water partition coefficient (Wildman–Crippen LogP) is -0.104. The van der Waals surface area contributed by atoms with Gasteiger partial charge >= 0.3 is 7.12 Å². The molecule has 0 saturated heterocycles. The molecular formula is C12H19BClNO4. The van der Waals surface area contributed by atoms with Crippen LogP contribution in [0.15, 0.2) is 12.1 Å². The third kappa shape index (κ3) is 3.21. The van der Waals surface area contributed by atoms with Gasteiger partial charge in [0.1, 0.15) is 5.75 Å². The Morgan fingerprint density at radius 3 is 2.84 bits per heavy atom. The van der Waals surface area contributed by atoms with Gasteiger partial charge in [-0.1, -0.05) is 12.1 Å². The van der Waals surface area contributed by atoms with E-state index in [4.69, 9.17) is 20.2 Å². The molecule has 4 N–H and O–H groups in total. The van der Waals surface area contributed by atoms with Crippen LogP contribution in [0.5, 0.6) is 5.75 Å². The second-order valence-electron chi connectivity index (χ2n) is 4.35. The highest BCUT2D eigenvalue weighted by molar-refractivity contribution is 6.63. The Morgan fingerprint density at radius 1 is 1.47 bits per heavy atom. The Morgan fingerprint density at radius 2 is 2.21 bits per heavy atom. The van der Waals surface area contributed by atoms with Gasteiger partial charge in [0.05, 0.1) is 12.7 Å². The van der Waals surface area contributed by atoms with Gasteiger partial charge in [-0.3, -0.25) is 0 Å². The van der Waals surface area contributed by atoms with Gasteiger partial charge in [0.25, 0.3) is 0 Å². The molecule has 0 amide bonds. The molecule has 1 atom stereocenters. The van der Waals surface area contributed by atoms with E-state index in [1.807, 2.05) is 19.1 Å². The zero-order valence-electron chi connectivity index (χ0n) is 10.8. The van der Waals surface area contributed by atoms with Crippen LogP contribution in [0.4, 0.5) is 0 Å². The lowest BCUT2D eigenvalue weighted by atomic mass is 9.77. The zero-order valence-corrected chi connectivity index (χ0v) is 11.7. The maximum atomic E-state index is 9.94. The van der Waals surface area contributed by atoms with Gasteiger partial charge in [0.15, 0.2) is 0 Å². The number of benzene rings is 1. The molecule has 0 radical (unpaired) electrons. The van der Waals surface area contributed by atoms with Crippen LogP contribution in [-0.2, 0) is 4.65 Å². The first-order valence-corrected chi connectivity index (χ1v) is 6.09. The maximum Gasteiger partial charge on any atom is 0.495 e. The number of rotatable bonds is 5. The van der Waals surface area contributed by atoms with Gasteiger partial charge in [-0.25, -0.2) is 0 Å². The molecule has 0 spiro atoms. The molecule has 106 valence electrons. The van der Waals surface area contributed by atoms with E-state index in [2.05, 4.69) is 0 Å². The maximum absolute atomic E-state index is 9.94. The summed E-state index contributed by atoms with van der Waals surface area (Å²) in [5, 5.41) is 18.7. The van der Waals surface area contributed by atoms with Gasteiger partial charge in [-0.2, -0.15) is 0 Å². The van der Waals surface area contributed by atoms with E-state index in [1.165, 1.54) is 0 Å². The minimum absolute atomic E-state index is 0. The highest BCUT2D eigenvalue weighted by Gasteiger charge is 2.37. The Labute approximate surface area is 119 Å². The number of hydrogen-bond donors (Lipinski definition) is 3. The smallest absolute Gasteiger partial charge is 0.494 e. The Hall–Kier alpha value is -0.785. The summed E-state index contributed by atoms with van der Waals surface area (Å²) in [6.07, 6.45) is 0.274. The second-order valence-corrected chi connectivity index (χ2v) is 4.35. The lowest BCUT2D eigenvalue weighted by Gasteiger charge is -2.14. The second kappa shape index (κ2) is 7.12. The summed E-state index contributed by atoms with van der Waals surface area (Å²) >= 11 is 0. The van der Waals surface area contributed by atoms with Crippen molar-refractivity contribution in [2.45, 2.75) is 19.4 Å². The first-order chi connectivity index (χ1) is 8.69. The van der Waals surface area contributed by atoms with Crippen LogP contribution in [-0.4, -0.2) is 37.0 Å². The normalized spacial score (nSPS) is 17.1. The van der Waals surface area contributed by atoms with Crippen LogP contribution >= 0.6 is 12.4 Å². The number of fused-ring (bicyclic) bond motifs is 1. The standard InChI is InChI=1S/C12H18BNO4.ClH/c1-8-3-4-9-10(7-14)18-13(16)11(9)12(8)17-6-2-5-15;/h3-4,10,15-16H,2,5-7,14H2,1H3;1H. The summed E-state index contributed by atoms with van der Waals surface area (Å²) < 4.78 is 11.0. The SMILES string of the molecule is Cc1ccc2c(c1OCCCO)B(O)OC2CN.Cl. The lowest BCUT2D eigenvalue weighted by molar-refractivity contribution is 0.198. The Balaban J connectivity index is 0.00000180. The Kier molecular flexibility index (Phi) is 6.10. The third-order valence-electron chi connectivity index (χ3n) is 3.08. The number of aryl methyl sites for hydroxylation is 1. The van der Waals surface area contributed by atoms with E-state index >= 15 is 0 Å². The van der Waals surface area contributed by atoms with Crippen molar-refractivity contribution in [3.63, 3.8) is 0 Å². The van der Waals surface area contributed by atoms with Crippen LogP contribution in [0, 0.1) is 6.92 Å². The average molecular weight is 288 g/mol. The monoisotopic (exact) mass is 287 g/mol. The fourth-order valence-electron chi connectivity index (χ4n) is 2.17. The van der Waals surface area contributed by atoms with Crippen molar-refractivity contribution >= 4 is 25.0 Å². The number of nitrogens with two attached hydrogens (primary N) is 1. The molecule has 1 aromatic carbocycles. The first-order valence-electron chi connectivity index (χ1n) is 6.09. The summed E-state index contributed by atoms with van der Waals surface area (Å²) in [5.74, 6) is 0.643. The fraction of sp³-hybridized carbons (Fsp3) is 0.500. The number of aliphatic hydroxyl groups is 1. The molecule has 2 rings (SSSR count). The minimum atomic E-state index is -0.988. The summed E-state index contributed by atoms with van der Waals surface area (Å²) in [6, 6.07) is 3.84. The highest BCUT2D eigenvalue weighted by atomic mass is 35.5. The van der Waals surface area contributed by atoms with Crippen molar-refractivity contribution in [3.05, 3.63) is 23.3 Å². The van der Waals surface area contributed by atoms with E-state index in [9.17, 15) is 5.02 Å². The molecule has 0 bridgehead atoms. The molecule has 1 unspecified atom stereocenters. The molecule has 0 saturated carbocycles. The molecule has 1 aliphatic heterocycles. The fourth-order valence-corrected chi connectivity index (χ4v) is 2.17. The summed E-state index contributed by atoms with van der Waals surface area (Å²) in [4.78, 5) is 0. The molecule has 1 heterocycles. The zero-order chi connectivity index (χ0) is 13.1. The van der Waals surface area contributed by atoms with Gasteiger partial charge < -0.3 is 25.3 Å². The minimum Gasteiger partial charge on any atom is -0.494 e. The largest absolute Gasteiger partial charge is 0.495 e. The van der Waals surface area contributed by atoms with Crippen LogP contribution in [0.3, 0.4) is 0 Å². The van der Waals surface area contributed by atoms with Crippen LogP contribution in [0.1, 0.15) is 23.7 Å². The van der Waals surface area contributed by atoms with Crippen molar-refractivity contribution in [1.29, 1.82) is 0 Å². The molecular weight excluding hydrogens is 268 g/mol. The van der Waals surface area contributed by atoms with Crippen LogP contribution < -0.4 is 15.9 Å². The Bertz CT molecular complexity index is 432. The van der Waals surface area contributed by atoms with Crippen molar-refractivity contribution in [1.82, 2.24) is 0 Å². The van der Waals surface area contributed by atoms with E-state index < -0.39 is 7.12 Å². The van der Waals surface area contributed by atoms with Crippen molar-refractivity contribution in [2.75, 3.05) is 19.8 Å². The number of ether oxygens (including phenoxy) is 1. The average Bonchev–Trinajstić information content (AvgIpc) is 2.69. The topological polar surface area (TPSA) is 84.9 Å². The van der Waals surface area contributed by atoms with Crippen LogP contribution in [0.25, 0.3) is 0 Å². The van der Waals surface area contributed by atoms with Crippen LogP contribution in [0.2, 0.25) is 0 Å². The first kappa shape index (κ1) is 16.3. The molecule has 1 aliphatic rings. The molecule has 1 aromatic rings. The van der Waals surface area contributed by atoms with E-state index in [-0.39, 0.29) is 25.1 Å². The lowest BCUT2D eigenvalue weighted by Crippen LogP contribution is -2.30.